The topological polar surface area (TPSA) is 64.4 Å². The Balaban J connectivity index is 2.54. The summed E-state index contributed by atoms with van der Waals surface area (Å²) in [5.74, 6) is 0.185. The predicted molar refractivity (Wildman–Crippen MR) is 102 cm³/mol. The monoisotopic (exact) mass is 317 g/mol. The van der Waals surface area contributed by atoms with Crippen LogP contribution in [-0.4, -0.2) is 12.5 Å². The first-order valence-electron chi connectivity index (χ1n) is 9.12. The molecule has 0 unspecified atom stereocenters. The summed E-state index contributed by atoms with van der Waals surface area (Å²) in [4.78, 5) is 4.04. The molecule has 0 saturated carbocycles. The molecule has 3 heteroatoms. The number of benzene rings is 1. The lowest BCUT2D eigenvalue weighted by atomic mass is 9.77. The van der Waals surface area contributed by atoms with Crippen molar-refractivity contribution < 1.29 is 0 Å². The number of aliphatic imine (C=N–C) groups is 1. The van der Waals surface area contributed by atoms with E-state index in [1.165, 1.54) is 49.7 Å². The molecule has 1 rings (SSSR count). The third kappa shape index (κ3) is 8.06. The zero-order chi connectivity index (χ0) is 17.1. The van der Waals surface area contributed by atoms with Crippen LogP contribution in [0.25, 0.3) is 0 Å². The molecule has 0 radical (unpaired) electrons. The molecule has 1 aromatic rings. The molecule has 4 N–H and O–H groups in total. The summed E-state index contributed by atoms with van der Waals surface area (Å²) in [5, 5.41) is 0. The van der Waals surface area contributed by atoms with Crippen molar-refractivity contribution in [2.75, 3.05) is 6.54 Å². The number of hydrogen-bond donors (Lipinski definition) is 2. The minimum atomic E-state index is 0.185. The van der Waals surface area contributed by atoms with Gasteiger partial charge in [0.05, 0.1) is 0 Å². The van der Waals surface area contributed by atoms with E-state index in [1.54, 1.807) is 0 Å². The van der Waals surface area contributed by atoms with Gasteiger partial charge in [-0.05, 0) is 55.1 Å². The van der Waals surface area contributed by atoms with Crippen molar-refractivity contribution in [2.24, 2.45) is 21.9 Å². The largest absolute Gasteiger partial charge is 0.370 e. The van der Waals surface area contributed by atoms with Crippen LogP contribution in [0.15, 0.2) is 29.3 Å². The summed E-state index contributed by atoms with van der Waals surface area (Å²) in [6.07, 6.45) is 9.71. The molecule has 0 fully saturated rings. The van der Waals surface area contributed by atoms with Gasteiger partial charge in [-0.25, -0.2) is 0 Å². The molecular formula is C20H35N3. The number of guanidine groups is 1. The molecule has 0 saturated heterocycles. The van der Waals surface area contributed by atoms with Crippen molar-refractivity contribution in [2.45, 2.75) is 72.1 Å². The summed E-state index contributed by atoms with van der Waals surface area (Å²) in [6.45, 7) is 7.76. The van der Waals surface area contributed by atoms with Gasteiger partial charge in [-0.1, -0.05) is 57.9 Å². The molecular weight excluding hydrogens is 282 g/mol. The fourth-order valence-electron chi connectivity index (χ4n) is 3.46. The molecule has 0 spiro atoms. The van der Waals surface area contributed by atoms with E-state index < -0.39 is 0 Å². The molecule has 3 nitrogen and oxygen atoms in total. The molecule has 23 heavy (non-hydrogen) atoms. The second kappa shape index (κ2) is 10.3. The van der Waals surface area contributed by atoms with Crippen LogP contribution in [-0.2, 0) is 12.8 Å². The standard InChI is InChI=1S/C20H35N3/c1-4-12-20(3,13-5-2)14-11-18-9-6-8-17(16-18)10-7-15-23-19(21)22/h6,8-9,16H,4-5,7,10-15H2,1-3H3,(H4,21,22,23). The average Bonchev–Trinajstić information content (AvgIpc) is 2.51. The lowest BCUT2D eigenvalue weighted by Crippen LogP contribution is -2.23. The first-order chi connectivity index (χ1) is 11.0. The Morgan fingerprint density at radius 3 is 2.17 bits per heavy atom. The van der Waals surface area contributed by atoms with Crippen LogP contribution < -0.4 is 11.5 Å². The van der Waals surface area contributed by atoms with Crippen LogP contribution in [0.1, 0.15) is 70.4 Å². The lowest BCUT2D eigenvalue weighted by molar-refractivity contribution is 0.244. The van der Waals surface area contributed by atoms with E-state index >= 15 is 0 Å². The van der Waals surface area contributed by atoms with Crippen molar-refractivity contribution in [1.29, 1.82) is 0 Å². The van der Waals surface area contributed by atoms with E-state index in [4.69, 9.17) is 11.5 Å². The average molecular weight is 318 g/mol. The molecule has 0 amide bonds. The fourth-order valence-corrected chi connectivity index (χ4v) is 3.46. The van der Waals surface area contributed by atoms with Gasteiger partial charge in [-0.3, -0.25) is 4.99 Å². The molecule has 0 atom stereocenters. The summed E-state index contributed by atoms with van der Waals surface area (Å²) in [7, 11) is 0. The van der Waals surface area contributed by atoms with Crippen LogP contribution in [0.2, 0.25) is 0 Å². The number of rotatable bonds is 11. The highest BCUT2D eigenvalue weighted by Crippen LogP contribution is 2.34. The second-order valence-corrected chi connectivity index (χ2v) is 7.04. The Kier molecular flexibility index (Phi) is 8.75. The zero-order valence-corrected chi connectivity index (χ0v) is 15.3. The van der Waals surface area contributed by atoms with E-state index in [-0.39, 0.29) is 5.96 Å². The molecule has 1 aromatic carbocycles. The number of hydrogen-bond acceptors (Lipinski definition) is 1. The molecule has 0 aliphatic heterocycles. The number of nitrogens with zero attached hydrogens (tertiary/aromatic N) is 1. The lowest BCUT2D eigenvalue weighted by Gasteiger charge is -2.29. The van der Waals surface area contributed by atoms with Gasteiger partial charge in [-0.15, -0.1) is 0 Å². The number of nitrogens with two attached hydrogens (primary N) is 2. The summed E-state index contributed by atoms with van der Waals surface area (Å²) >= 11 is 0. The van der Waals surface area contributed by atoms with Crippen molar-refractivity contribution in [3.8, 4) is 0 Å². The van der Waals surface area contributed by atoms with Crippen LogP contribution >= 0.6 is 0 Å². The summed E-state index contributed by atoms with van der Waals surface area (Å²) < 4.78 is 0. The van der Waals surface area contributed by atoms with Gasteiger partial charge in [0, 0.05) is 6.54 Å². The molecule has 0 aliphatic carbocycles. The fraction of sp³-hybridized carbons (Fsp3) is 0.650. The minimum Gasteiger partial charge on any atom is -0.370 e. The van der Waals surface area contributed by atoms with Crippen LogP contribution in [0, 0.1) is 5.41 Å². The van der Waals surface area contributed by atoms with E-state index in [0.717, 1.165) is 12.8 Å². The van der Waals surface area contributed by atoms with Crippen molar-refractivity contribution in [3.05, 3.63) is 35.4 Å². The van der Waals surface area contributed by atoms with Crippen molar-refractivity contribution in [3.63, 3.8) is 0 Å². The van der Waals surface area contributed by atoms with E-state index in [9.17, 15) is 0 Å². The minimum absolute atomic E-state index is 0.185. The maximum absolute atomic E-state index is 5.35. The summed E-state index contributed by atoms with van der Waals surface area (Å²) in [6, 6.07) is 9.00. The maximum atomic E-state index is 5.35. The van der Waals surface area contributed by atoms with Gasteiger partial charge in [-0.2, -0.15) is 0 Å². The molecule has 0 bridgehead atoms. The van der Waals surface area contributed by atoms with Gasteiger partial charge >= 0.3 is 0 Å². The van der Waals surface area contributed by atoms with Crippen LogP contribution in [0.4, 0.5) is 0 Å². The molecule has 0 heterocycles. The van der Waals surface area contributed by atoms with E-state index in [1.807, 2.05) is 0 Å². The summed E-state index contributed by atoms with van der Waals surface area (Å²) in [5.41, 5.74) is 14.1. The highest BCUT2D eigenvalue weighted by molar-refractivity contribution is 5.75. The van der Waals surface area contributed by atoms with Gasteiger partial charge in [0.15, 0.2) is 5.96 Å². The van der Waals surface area contributed by atoms with E-state index in [2.05, 4.69) is 50.0 Å². The Morgan fingerprint density at radius 1 is 1.00 bits per heavy atom. The van der Waals surface area contributed by atoms with Crippen LogP contribution in [0.3, 0.4) is 0 Å². The van der Waals surface area contributed by atoms with Gasteiger partial charge in [0.25, 0.3) is 0 Å². The third-order valence-electron chi connectivity index (χ3n) is 4.63. The molecule has 130 valence electrons. The predicted octanol–water partition coefficient (Wildman–Crippen LogP) is 4.43. The highest BCUT2D eigenvalue weighted by atomic mass is 15.0. The Morgan fingerprint density at radius 2 is 1.61 bits per heavy atom. The van der Waals surface area contributed by atoms with Gasteiger partial charge < -0.3 is 11.5 Å². The Hall–Kier alpha value is -1.51. The Bertz CT molecular complexity index is 470. The highest BCUT2D eigenvalue weighted by Gasteiger charge is 2.21. The molecule has 0 aromatic heterocycles. The van der Waals surface area contributed by atoms with Crippen LogP contribution in [0.5, 0.6) is 0 Å². The van der Waals surface area contributed by atoms with Crippen molar-refractivity contribution >= 4 is 5.96 Å². The Labute approximate surface area is 142 Å². The van der Waals surface area contributed by atoms with Crippen molar-refractivity contribution in [1.82, 2.24) is 0 Å². The maximum Gasteiger partial charge on any atom is 0.185 e. The first-order valence-corrected chi connectivity index (χ1v) is 9.12. The number of aryl methyl sites for hydroxylation is 2. The second-order valence-electron chi connectivity index (χ2n) is 7.04. The van der Waals surface area contributed by atoms with Gasteiger partial charge in [0.1, 0.15) is 0 Å². The quantitative estimate of drug-likeness (QED) is 0.360. The molecule has 0 aliphatic rings. The first kappa shape index (κ1) is 19.5. The zero-order valence-electron chi connectivity index (χ0n) is 15.3. The smallest absolute Gasteiger partial charge is 0.185 e. The normalized spacial score (nSPS) is 11.4. The SMILES string of the molecule is CCCC(C)(CCC)CCc1cccc(CCCN=C(N)N)c1. The third-order valence-corrected chi connectivity index (χ3v) is 4.63. The van der Waals surface area contributed by atoms with E-state index in [0.29, 0.717) is 12.0 Å². The van der Waals surface area contributed by atoms with Gasteiger partial charge in [0.2, 0.25) is 0 Å².